The average molecular weight is 323 g/mol. The maximum Gasteiger partial charge on any atom is 0.266 e. The first kappa shape index (κ1) is 16.9. The van der Waals surface area contributed by atoms with Gasteiger partial charge < -0.3 is 4.90 Å². The number of aryl methyl sites for hydroxylation is 1. The molecular weight excluding hydrogens is 306 g/mol. The third-order valence-corrected chi connectivity index (χ3v) is 4.00. The number of hydrogen-bond acceptors (Lipinski definition) is 5. The predicted octanol–water partition coefficient (Wildman–Crippen LogP) is 0.577. The van der Waals surface area contributed by atoms with E-state index in [0.717, 1.165) is 5.56 Å². The van der Waals surface area contributed by atoms with Crippen LogP contribution in [0.4, 0.5) is 5.69 Å². The summed E-state index contributed by atoms with van der Waals surface area (Å²) in [5, 5.41) is 0. The summed E-state index contributed by atoms with van der Waals surface area (Å²) in [6.45, 7) is 1.70. The van der Waals surface area contributed by atoms with Gasteiger partial charge in [-0.25, -0.2) is 0 Å². The van der Waals surface area contributed by atoms with Crippen molar-refractivity contribution in [1.29, 1.82) is 0 Å². The molecule has 114 valence electrons. The van der Waals surface area contributed by atoms with Crippen molar-refractivity contribution in [2.45, 2.75) is 6.92 Å². The minimum atomic E-state index is -4.14. The van der Waals surface area contributed by atoms with E-state index in [1.807, 2.05) is 13.0 Å². The smallest absolute Gasteiger partial charge is 0.266 e. The molecule has 2 N–H and O–H groups in total. The monoisotopic (exact) mass is 323 g/mol. The quantitative estimate of drug-likeness (QED) is 0.706. The first-order valence-electron chi connectivity index (χ1n) is 5.79. The molecular formula is C11H17NO6S2. The first-order chi connectivity index (χ1) is 9.07. The van der Waals surface area contributed by atoms with E-state index >= 15 is 0 Å². The Labute approximate surface area is 118 Å². The minimum absolute atomic E-state index is 0.0716. The van der Waals surface area contributed by atoms with Crippen molar-refractivity contribution in [3.8, 4) is 0 Å². The van der Waals surface area contributed by atoms with Crippen LogP contribution in [0.2, 0.25) is 0 Å². The standard InChI is InChI=1S/C11H17NO6S2/c1-10-3-2-4-11(9-10)12(5-7-19(13,14)15)6-8-20(16,17)18/h2-4,9H,5-8H2,1H3,(H,13,14,15)(H,16,17,18). The molecule has 0 spiro atoms. The van der Waals surface area contributed by atoms with Crippen molar-refractivity contribution in [3.63, 3.8) is 0 Å². The van der Waals surface area contributed by atoms with Crippen molar-refractivity contribution in [2.75, 3.05) is 29.5 Å². The van der Waals surface area contributed by atoms with Crippen LogP contribution >= 0.6 is 0 Å². The molecule has 9 heteroatoms. The second-order valence-corrected chi connectivity index (χ2v) is 7.54. The SMILES string of the molecule is Cc1cccc(N(CCS(=O)(=O)O)CCS(=O)(=O)O)c1. The van der Waals surface area contributed by atoms with Crippen molar-refractivity contribution < 1.29 is 25.9 Å². The number of benzene rings is 1. The van der Waals surface area contributed by atoms with Gasteiger partial charge in [-0.2, -0.15) is 16.8 Å². The maximum absolute atomic E-state index is 10.8. The van der Waals surface area contributed by atoms with Gasteiger partial charge in [0.25, 0.3) is 20.2 Å². The fourth-order valence-electron chi connectivity index (χ4n) is 1.65. The molecule has 0 radical (unpaired) electrons. The number of hydrogen-bond donors (Lipinski definition) is 2. The normalized spacial score (nSPS) is 12.3. The van der Waals surface area contributed by atoms with Crippen LogP contribution < -0.4 is 4.90 Å². The van der Waals surface area contributed by atoms with E-state index in [0.29, 0.717) is 5.69 Å². The van der Waals surface area contributed by atoms with E-state index in [2.05, 4.69) is 0 Å². The predicted molar refractivity (Wildman–Crippen MR) is 76.2 cm³/mol. The fourth-order valence-corrected chi connectivity index (χ4v) is 2.55. The zero-order valence-corrected chi connectivity index (χ0v) is 12.6. The maximum atomic E-state index is 10.8. The van der Waals surface area contributed by atoms with Gasteiger partial charge >= 0.3 is 0 Å². The summed E-state index contributed by atoms with van der Waals surface area (Å²) in [5.74, 6) is -1.04. The highest BCUT2D eigenvalue weighted by atomic mass is 32.2. The minimum Gasteiger partial charge on any atom is -0.369 e. The molecule has 0 atom stereocenters. The van der Waals surface area contributed by atoms with Crippen LogP contribution in [-0.2, 0) is 20.2 Å². The molecule has 0 aliphatic carbocycles. The van der Waals surface area contributed by atoms with Gasteiger partial charge in [0.05, 0.1) is 11.5 Å². The van der Waals surface area contributed by atoms with Gasteiger partial charge in [-0.3, -0.25) is 9.11 Å². The van der Waals surface area contributed by atoms with Crippen molar-refractivity contribution in [2.24, 2.45) is 0 Å². The van der Waals surface area contributed by atoms with Crippen molar-refractivity contribution >= 4 is 25.9 Å². The summed E-state index contributed by atoms with van der Waals surface area (Å²) in [6.07, 6.45) is 0. The first-order valence-corrected chi connectivity index (χ1v) is 9.00. The molecule has 0 amide bonds. The van der Waals surface area contributed by atoms with Crippen LogP contribution in [0.15, 0.2) is 24.3 Å². The summed E-state index contributed by atoms with van der Waals surface area (Å²) in [7, 11) is -8.29. The van der Waals surface area contributed by atoms with E-state index in [-0.39, 0.29) is 13.1 Å². The average Bonchev–Trinajstić information content (AvgIpc) is 2.26. The Kier molecular flexibility index (Phi) is 5.51. The molecule has 0 aliphatic rings. The molecule has 0 heterocycles. The van der Waals surface area contributed by atoms with Gasteiger partial charge in [0.1, 0.15) is 0 Å². The Balaban J connectivity index is 2.89. The Morgan fingerprint density at radius 1 is 1.00 bits per heavy atom. The van der Waals surface area contributed by atoms with Gasteiger partial charge in [0.2, 0.25) is 0 Å². The van der Waals surface area contributed by atoms with Gasteiger partial charge in [-0.1, -0.05) is 12.1 Å². The van der Waals surface area contributed by atoms with Crippen molar-refractivity contribution in [1.82, 2.24) is 0 Å². The fraction of sp³-hybridized carbons (Fsp3) is 0.455. The van der Waals surface area contributed by atoms with E-state index < -0.39 is 31.7 Å². The van der Waals surface area contributed by atoms with Gasteiger partial charge in [0, 0.05) is 18.8 Å². The highest BCUT2D eigenvalue weighted by molar-refractivity contribution is 7.86. The molecule has 0 bridgehead atoms. The van der Waals surface area contributed by atoms with Gasteiger partial charge in [-0.05, 0) is 24.6 Å². The third-order valence-electron chi connectivity index (χ3n) is 2.61. The molecule has 0 aliphatic heterocycles. The summed E-state index contributed by atoms with van der Waals surface area (Å²) in [6, 6.07) is 7.04. The zero-order valence-electron chi connectivity index (χ0n) is 10.9. The highest BCUT2D eigenvalue weighted by Crippen LogP contribution is 2.16. The van der Waals surface area contributed by atoms with E-state index in [1.165, 1.54) is 4.90 Å². The Hall–Kier alpha value is -1.16. The molecule has 1 rings (SSSR count). The molecule has 1 aromatic rings. The molecule has 1 aromatic carbocycles. The molecule has 0 unspecified atom stereocenters. The van der Waals surface area contributed by atoms with E-state index in [4.69, 9.17) is 9.11 Å². The van der Waals surface area contributed by atoms with Crippen LogP contribution in [0.5, 0.6) is 0 Å². The molecule has 0 fully saturated rings. The van der Waals surface area contributed by atoms with Crippen LogP contribution in [0.25, 0.3) is 0 Å². The topological polar surface area (TPSA) is 112 Å². The Morgan fingerprint density at radius 3 is 1.90 bits per heavy atom. The third kappa shape index (κ3) is 6.85. The molecule has 0 saturated heterocycles. The largest absolute Gasteiger partial charge is 0.369 e. The summed E-state index contributed by atoms with van der Waals surface area (Å²) in [5.41, 5.74) is 1.54. The highest BCUT2D eigenvalue weighted by Gasteiger charge is 2.14. The van der Waals surface area contributed by atoms with E-state index in [1.54, 1.807) is 18.2 Å². The van der Waals surface area contributed by atoms with Gasteiger partial charge in [-0.15, -0.1) is 0 Å². The van der Waals surface area contributed by atoms with Crippen LogP contribution in [0.3, 0.4) is 0 Å². The second-order valence-electron chi connectivity index (χ2n) is 4.40. The molecule has 0 aromatic heterocycles. The second kappa shape index (κ2) is 6.53. The molecule has 20 heavy (non-hydrogen) atoms. The number of rotatable bonds is 7. The summed E-state index contributed by atoms with van der Waals surface area (Å²) < 4.78 is 60.7. The summed E-state index contributed by atoms with van der Waals surface area (Å²) in [4.78, 5) is 1.48. The van der Waals surface area contributed by atoms with Crippen LogP contribution in [0, 0.1) is 6.92 Å². The lowest BCUT2D eigenvalue weighted by atomic mass is 10.2. The molecule has 0 saturated carbocycles. The zero-order chi connectivity index (χ0) is 15.4. The lowest BCUT2D eigenvalue weighted by Gasteiger charge is -2.24. The molecule has 7 nitrogen and oxygen atoms in total. The Morgan fingerprint density at radius 2 is 1.50 bits per heavy atom. The van der Waals surface area contributed by atoms with E-state index in [9.17, 15) is 16.8 Å². The van der Waals surface area contributed by atoms with Gasteiger partial charge in [0.15, 0.2) is 0 Å². The van der Waals surface area contributed by atoms with Crippen molar-refractivity contribution in [3.05, 3.63) is 29.8 Å². The van der Waals surface area contributed by atoms with Crippen LogP contribution in [-0.4, -0.2) is 50.5 Å². The number of nitrogens with zero attached hydrogens (tertiary/aromatic N) is 1. The number of anilines is 1. The van der Waals surface area contributed by atoms with Crippen LogP contribution in [0.1, 0.15) is 5.56 Å². The lowest BCUT2D eigenvalue weighted by Crippen LogP contribution is -2.33. The summed E-state index contributed by atoms with van der Waals surface area (Å²) >= 11 is 0. The lowest BCUT2D eigenvalue weighted by molar-refractivity contribution is 0.482. The Bertz CT molecular complexity index is 617.